The smallest absolute Gasteiger partial charge is 0.352 e. The minimum Gasteiger partial charge on any atom is -0.477 e. The van der Waals surface area contributed by atoms with Crippen molar-refractivity contribution < 1.29 is 19.1 Å². The summed E-state index contributed by atoms with van der Waals surface area (Å²) in [5.41, 5.74) is 5.02. The average molecular weight is 439 g/mol. The second-order valence-corrected chi connectivity index (χ2v) is 7.78. The number of nitrogens with one attached hydrogen (secondary N) is 1. The van der Waals surface area contributed by atoms with Gasteiger partial charge in [-0.05, 0) is 58.7 Å². The molecule has 0 aliphatic carbocycles. The quantitative estimate of drug-likeness (QED) is 0.434. The number of nitrogens with zero attached hydrogens (tertiary/aromatic N) is 2. The van der Waals surface area contributed by atoms with Gasteiger partial charge < -0.3 is 15.0 Å². The molecule has 5 rings (SSSR count). The molecule has 1 aliphatic heterocycles. The van der Waals surface area contributed by atoms with Crippen LogP contribution in [-0.2, 0) is 11.8 Å². The zero-order valence-corrected chi connectivity index (χ0v) is 17.5. The fourth-order valence-corrected chi connectivity index (χ4v) is 4.01. The van der Waals surface area contributed by atoms with E-state index in [0.717, 1.165) is 11.1 Å². The molecule has 162 valence electrons. The lowest BCUT2D eigenvalue weighted by Gasteiger charge is -2.09. The number of fused-ring (bicyclic) bond motifs is 1. The number of aromatic nitrogens is 2. The summed E-state index contributed by atoms with van der Waals surface area (Å²) in [6, 6.07) is 15.8. The zero-order valence-electron chi connectivity index (χ0n) is 17.5. The van der Waals surface area contributed by atoms with Crippen LogP contribution in [0.3, 0.4) is 0 Å². The normalized spacial score (nSPS) is 13.8. The molecule has 0 bridgehead atoms. The number of carbonyl (C=O) groups is 2. The van der Waals surface area contributed by atoms with Crippen molar-refractivity contribution in [2.24, 2.45) is 7.05 Å². The third-order valence-electron chi connectivity index (χ3n) is 5.66. The number of halogens is 1. The molecule has 6 nitrogen and oxygen atoms in total. The fraction of sp³-hybridized carbons (Fsp3) is 0.0385. The molecule has 2 aromatic carbocycles. The van der Waals surface area contributed by atoms with Gasteiger partial charge in [-0.25, -0.2) is 9.18 Å². The van der Waals surface area contributed by atoms with Crippen molar-refractivity contribution in [1.82, 2.24) is 9.55 Å². The lowest BCUT2D eigenvalue weighted by molar-refractivity contribution is -0.110. The standard InChI is InChI=1S/C26H18FN3O3/c1-30-14-15(11-24(30)26(32)33)10-21-20-12-19(22(27)13-23(20)29-25(21)31)18-4-2-16(3-5-18)17-6-8-28-9-7-17/h2-14H,1H3,(H,29,31)(H,32,33)/b21-10-. The van der Waals surface area contributed by atoms with E-state index >= 15 is 0 Å². The molecule has 0 spiro atoms. The highest BCUT2D eigenvalue weighted by atomic mass is 19.1. The van der Waals surface area contributed by atoms with Crippen molar-refractivity contribution in [3.05, 3.63) is 95.8 Å². The molecular weight excluding hydrogens is 421 g/mol. The van der Waals surface area contributed by atoms with Gasteiger partial charge in [0.25, 0.3) is 5.91 Å². The summed E-state index contributed by atoms with van der Waals surface area (Å²) in [5, 5.41) is 12.0. The van der Waals surface area contributed by atoms with Crippen LogP contribution in [0.5, 0.6) is 0 Å². The van der Waals surface area contributed by atoms with Crippen molar-refractivity contribution in [3.8, 4) is 22.3 Å². The summed E-state index contributed by atoms with van der Waals surface area (Å²) in [7, 11) is 1.62. The number of carbonyl (C=O) groups excluding carboxylic acids is 1. The van der Waals surface area contributed by atoms with E-state index in [4.69, 9.17) is 0 Å². The predicted octanol–water partition coefficient (Wildman–Crippen LogP) is 5.08. The highest BCUT2D eigenvalue weighted by molar-refractivity contribution is 6.35. The van der Waals surface area contributed by atoms with Gasteiger partial charge in [0.15, 0.2) is 0 Å². The lowest BCUT2D eigenvalue weighted by atomic mass is 9.96. The fourth-order valence-electron chi connectivity index (χ4n) is 4.01. The van der Waals surface area contributed by atoms with Gasteiger partial charge in [0.2, 0.25) is 0 Å². The number of amides is 1. The molecule has 0 fully saturated rings. The Morgan fingerprint density at radius 3 is 2.33 bits per heavy atom. The monoisotopic (exact) mass is 439 g/mol. The number of benzene rings is 2. The molecule has 0 radical (unpaired) electrons. The molecule has 4 aromatic rings. The van der Waals surface area contributed by atoms with Crippen LogP contribution in [0.25, 0.3) is 33.9 Å². The first-order valence-electron chi connectivity index (χ1n) is 10.2. The van der Waals surface area contributed by atoms with E-state index in [0.29, 0.717) is 33.5 Å². The van der Waals surface area contributed by atoms with E-state index in [1.54, 1.807) is 37.8 Å². The van der Waals surface area contributed by atoms with E-state index in [1.165, 1.54) is 16.7 Å². The first-order valence-corrected chi connectivity index (χ1v) is 10.2. The van der Waals surface area contributed by atoms with Gasteiger partial charge in [-0.2, -0.15) is 0 Å². The summed E-state index contributed by atoms with van der Waals surface area (Å²) in [6.45, 7) is 0. The second kappa shape index (κ2) is 7.87. The minimum absolute atomic E-state index is 0.106. The Morgan fingerprint density at radius 2 is 1.67 bits per heavy atom. The Labute approximate surface area is 188 Å². The summed E-state index contributed by atoms with van der Waals surface area (Å²) in [5.74, 6) is -1.87. The molecule has 0 atom stereocenters. The lowest BCUT2D eigenvalue weighted by Crippen LogP contribution is -2.03. The van der Waals surface area contributed by atoms with E-state index < -0.39 is 11.8 Å². The van der Waals surface area contributed by atoms with Gasteiger partial charge >= 0.3 is 5.97 Å². The van der Waals surface area contributed by atoms with Gasteiger partial charge in [0, 0.05) is 42.3 Å². The molecule has 3 heterocycles. The third kappa shape index (κ3) is 3.70. The summed E-state index contributed by atoms with van der Waals surface area (Å²) in [6.07, 6.45) is 6.67. The number of aromatic carboxylic acids is 1. The molecule has 33 heavy (non-hydrogen) atoms. The Kier molecular flexibility index (Phi) is 4.86. The van der Waals surface area contributed by atoms with Crippen LogP contribution in [0.1, 0.15) is 21.6 Å². The van der Waals surface area contributed by atoms with Crippen molar-refractivity contribution in [2.45, 2.75) is 0 Å². The van der Waals surface area contributed by atoms with Crippen molar-refractivity contribution >= 4 is 29.2 Å². The summed E-state index contributed by atoms with van der Waals surface area (Å²) < 4.78 is 16.4. The maximum absolute atomic E-state index is 14.9. The van der Waals surface area contributed by atoms with Gasteiger partial charge in [0.05, 0.1) is 5.69 Å². The number of aryl methyl sites for hydroxylation is 1. The average Bonchev–Trinajstić information content (AvgIpc) is 3.33. The maximum Gasteiger partial charge on any atom is 0.352 e. The van der Waals surface area contributed by atoms with Crippen LogP contribution in [0, 0.1) is 5.82 Å². The Bertz CT molecular complexity index is 1440. The molecule has 1 aliphatic rings. The highest BCUT2D eigenvalue weighted by Crippen LogP contribution is 2.38. The molecule has 7 heteroatoms. The van der Waals surface area contributed by atoms with Crippen molar-refractivity contribution in [1.29, 1.82) is 0 Å². The SMILES string of the molecule is Cn1cc(/C=C2\C(=O)Nc3cc(F)c(-c4ccc(-c5ccncc5)cc4)cc32)cc1C(=O)O. The van der Waals surface area contributed by atoms with E-state index in [2.05, 4.69) is 10.3 Å². The molecule has 2 N–H and O–H groups in total. The number of carboxylic acid groups (broad SMARTS) is 1. The van der Waals surface area contributed by atoms with E-state index in [9.17, 15) is 19.1 Å². The maximum atomic E-state index is 14.9. The van der Waals surface area contributed by atoms with Gasteiger partial charge in [-0.3, -0.25) is 9.78 Å². The first kappa shape index (κ1) is 20.4. The summed E-state index contributed by atoms with van der Waals surface area (Å²) in [4.78, 5) is 27.9. The Hall–Kier alpha value is -4.52. The molecular formula is C26H18FN3O3. The van der Waals surface area contributed by atoms with Gasteiger partial charge in [-0.1, -0.05) is 24.3 Å². The number of pyridine rings is 1. The van der Waals surface area contributed by atoms with E-state index in [-0.39, 0.29) is 11.6 Å². The van der Waals surface area contributed by atoms with Crippen molar-refractivity contribution in [3.63, 3.8) is 0 Å². The second-order valence-electron chi connectivity index (χ2n) is 7.78. The van der Waals surface area contributed by atoms with Crippen LogP contribution < -0.4 is 5.32 Å². The molecule has 2 aromatic heterocycles. The summed E-state index contributed by atoms with van der Waals surface area (Å²) >= 11 is 0. The van der Waals surface area contributed by atoms with Crippen LogP contribution in [0.2, 0.25) is 0 Å². The van der Waals surface area contributed by atoms with Crippen LogP contribution >= 0.6 is 0 Å². The zero-order chi connectivity index (χ0) is 23.1. The topological polar surface area (TPSA) is 84.2 Å². The molecule has 0 saturated carbocycles. The van der Waals surface area contributed by atoms with E-state index in [1.807, 2.05) is 36.4 Å². The first-order chi connectivity index (χ1) is 15.9. The van der Waals surface area contributed by atoms with Crippen LogP contribution in [0.15, 0.2) is 73.2 Å². The molecule has 0 unspecified atom stereocenters. The molecule has 0 saturated heterocycles. The number of hydrogen-bond acceptors (Lipinski definition) is 3. The third-order valence-corrected chi connectivity index (χ3v) is 5.66. The Balaban J connectivity index is 1.54. The molecule has 1 amide bonds. The van der Waals surface area contributed by atoms with Gasteiger partial charge in [-0.15, -0.1) is 0 Å². The van der Waals surface area contributed by atoms with Crippen molar-refractivity contribution in [2.75, 3.05) is 5.32 Å². The van der Waals surface area contributed by atoms with Gasteiger partial charge in [0.1, 0.15) is 11.5 Å². The Morgan fingerprint density at radius 1 is 1.00 bits per heavy atom. The minimum atomic E-state index is -1.06. The largest absolute Gasteiger partial charge is 0.477 e. The number of carboxylic acids is 1. The number of hydrogen-bond donors (Lipinski definition) is 2. The predicted molar refractivity (Wildman–Crippen MR) is 124 cm³/mol. The highest BCUT2D eigenvalue weighted by Gasteiger charge is 2.26. The van der Waals surface area contributed by atoms with Crippen LogP contribution in [0.4, 0.5) is 10.1 Å². The number of anilines is 1. The van der Waals surface area contributed by atoms with Crippen LogP contribution in [-0.4, -0.2) is 26.5 Å². The number of rotatable bonds is 4.